The maximum atomic E-state index is 5.47. The summed E-state index contributed by atoms with van der Waals surface area (Å²) in [5.41, 5.74) is 1.31. The molecular weight excluding hydrogens is 236 g/mol. The first-order valence-corrected chi connectivity index (χ1v) is 7.38. The fourth-order valence-electron chi connectivity index (χ4n) is 3.52. The van der Waals surface area contributed by atoms with Gasteiger partial charge in [-0.1, -0.05) is 18.2 Å². The highest BCUT2D eigenvalue weighted by molar-refractivity contribution is 5.33. The number of hydrogen-bond donors (Lipinski definition) is 0. The maximum absolute atomic E-state index is 5.47. The number of methoxy groups -OCH3 is 1. The zero-order valence-corrected chi connectivity index (χ0v) is 12.0. The summed E-state index contributed by atoms with van der Waals surface area (Å²) in [6, 6.07) is 9.82. The number of benzene rings is 1. The van der Waals surface area contributed by atoms with Gasteiger partial charge in [-0.05, 0) is 32.4 Å². The molecule has 3 heteroatoms. The van der Waals surface area contributed by atoms with Crippen LogP contribution in [0.3, 0.4) is 0 Å². The van der Waals surface area contributed by atoms with Crippen LogP contribution >= 0.6 is 0 Å². The Kier molecular flexibility index (Phi) is 3.76. The van der Waals surface area contributed by atoms with Crippen LogP contribution in [0.15, 0.2) is 24.3 Å². The van der Waals surface area contributed by atoms with E-state index in [0.29, 0.717) is 6.04 Å². The first-order valence-electron chi connectivity index (χ1n) is 7.38. The van der Waals surface area contributed by atoms with E-state index in [1.807, 2.05) is 6.07 Å². The van der Waals surface area contributed by atoms with Gasteiger partial charge in [-0.2, -0.15) is 0 Å². The second-order valence-corrected chi connectivity index (χ2v) is 5.88. The first-order chi connectivity index (χ1) is 9.28. The van der Waals surface area contributed by atoms with Crippen molar-refractivity contribution in [3.8, 4) is 5.75 Å². The van der Waals surface area contributed by atoms with E-state index in [2.05, 4.69) is 34.9 Å². The SMILES string of the molecule is COc1ccccc1CN1C[C@@H]2CCCN2C[C@H]1C. The zero-order chi connectivity index (χ0) is 13.2. The Morgan fingerprint density at radius 3 is 2.95 bits per heavy atom. The highest BCUT2D eigenvalue weighted by Crippen LogP contribution is 2.27. The highest BCUT2D eigenvalue weighted by Gasteiger charge is 2.34. The van der Waals surface area contributed by atoms with E-state index < -0.39 is 0 Å². The Balaban J connectivity index is 1.72. The maximum Gasteiger partial charge on any atom is 0.123 e. The van der Waals surface area contributed by atoms with Gasteiger partial charge in [-0.25, -0.2) is 0 Å². The fourth-order valence-corrected chi connectivity index (χ4v) is 3.52. The summed E-state index contributed by atoms with van der Waals surface area (Å²) in [5, 5.41) is 0. The number of ether oxygens (including phenoxy) is 1. The minimum absolute atomic E-state index is 0.638. The molecule has 2 saturated heterocycles. The number of rotatable bonds is 3. The molecule has 2 heterocycles. The van der Waals surface area contributed by atoms with Crippen LogP contribution in [-0.4, -0.2) is 48.6 Å². The van der Waals surface area contributed by atoms with Crippen molar-refractivity contribution in [3.63, 3.8) is 0 Å². The van der Waals surface area contributed by atoms with Crippen molar-refractivity contribution >= 4 is 0 Å². The Hall–Kier alpha value is -1.06. The number of para-hydroxylation sites is 1. The molecule has 0 radical (unpaired) electrons. The molecule has 0 N–H and O–H groups in total. The van der Waals surface area contributed by atoms with Gasteiger partial charge in [0.15, 0.2) is 0 Å². The van der Waals surface area contributed by atoms with E-state index in [1.54, 1.807) is 7.11 Å². The molecule has 19 heavy (non-hydrogen) atoms. The molecule has 1 aromatic carbocycles. The lowest BCUT2D eigenvalue weighted by molar-refractivity contribution is 0.0535. The van der Waals surface area contributed by atoms with Crippen molar-refractivity contribution in [2.75, 3.05) is 26.7 Å². The molecule has 2 fully saturated rings. The van der Waals surface area contributed by atoms with E-state index in [4.69, 9.17) is 4.74 Å². The average molecular weight is 260 g/mol. The van der Waals surface area contributed by atoms with E-state index in [9.17, 15) is 0 Å². The summed E-state index contributed by atoms with van der Waals surface area (Å²) in [7, 11) is 1.76. The van der Waals surface area contributed by atoms with Gasteiger partial charge in [0, 0.05) is 37.3 Å². The van der Waals surface area contributed by atoms with Crippen molar-refractivity contribution in [1.29, 1.82) is 0 Å². The highest BCUT2D eigenvalue weighted by atomic mass is 16.5. The lowest BCUT2D eigenvalue weighted by atomic mass is 10.1. The summed E-state index contributed by atoms with van der Waals surface area (Å²) in [6.45, 7) is 7.09. The van der Waals surface area contributed by atoms with Crippen LogP contribution in [0.1, 0.15) is 25.3 Å². The van der Waals surface area contributed by atoms with E-state index >= 15 is 0 Å². The predicted molar refractivity (Wildman–Crippen MR) is 77.5 cm³/mol. The van der Waals surface area contributed by atoms with E-state index in [1.165, 1.54) is 38.0 Å². The molecule has 0 spiro atoms. The lowest BCUT2D eigenvalue weighted by Gasteiger charge is -2.42. The standard InChI is InChI=1S/C16H24N2O/c1-13-10-17-9-5-7-15(17)12-18(13)11-14-6-3-4-8-16(14)19-2/h3-4,6,8,13,15H,5,7,9-12H2,1-2H3/t13-,15+/m1/s1. The number of piperazine rings is 1. The largest absolute Gasteiger partial charge is 0.496 e. The molecule has 3 nitrogen and oxygen atoms in total. The van der Waals surface area contributed by atoms with Gasteiger partial charge in [0.25, 0.3) is 0 Å². The molecule has 2 atom stereocenters. The third-order valence-corrected chi connectivity index (χ3v) is 4.63. The molecule has 0 aromatic heterocycles. The van der Waals surface area contributed by atoms with Crippen molar-refractivity contribution in [3.05, 3.63) is 29.8 Å². The lowest BCUT2D eigenvalue weighted by Crippen LogP contribution is -2.54. The fraction of sp³-hybridized carbons (Fsp3) is 0.625. The van der Waals surface area contributed by atoms with Crippen LogP contribution < -0.4 is 4.74 Å². The smallest absolute Gasteiger partial charge is 0.123 e. The quantitative estimate of drug-likeness (QED) is 0.830. The molecule has 2 aliphatic heterocycles. The summed E-state index contributed by atoms with van der Waals surface area (Å²) in [6.07, 6.45) is 2.75. The van der Waals surface area contributed by atoms with Gasteiger partial charge in [0.1, 0.15) is 5.75 Å². The molecule has 0 amide bonds. The van der Waals surface area contributed by atoms with Crippen LogP contribution in [0.25, 0.3) is 0 Å². The Bertz CT molecular complexity index is 435. The number of nitrogens with zero attached hydrogens (tertiary/aromatic N) is 2. The zero-order valence-electron chi connectivity index (χ0n) is 12.0. The number of fused-ring (bicyclic) bond motifs is 1. The second kappa shape index (κ2) is 5.51. The van der Waals surface area contributed by atoms with Crippen LogP contribution in [-0.2, 0) is 6.54 Å². The van der Waals surface area contributed by atoms with Gasteiger partial charge in [-0.15, -0.1) is 0 Å². The van der Waals surface area contributed by atoms with E-state index in [0.717, 1.165) is 18.3 Å². The van der Waals surface area contributed by atoms with Crippen molar-refractivity contribution in [2.45, 2.75) is 38.4 Å². The predicted octanol–water partition coefficient (Wildman–Crippen LogP) is 2.36. The van der Waals surface area contributed by atoms with Gasteiger partial charge in [0.05, 0.1) is 7.11 Å². The van der Waals surface area contributed by atoms with Crippen molar-refractivity contribution < 1.29 is 4.74 Å². The Labute approximate surface area is 116 Å². The molecule has 1 aromatic rings. The first kappa shape index (κ1) is 12.9. The molecule has 104 valence electrons. The molecule has 3 rings (SSSR count). The summed E-state index contributed by atoms with van der Waals surface area (Å²) >= 11 is 0. The minimum Gasteiger partial charge on any atom is -0.496 e. The Morgan fingerprint density at radius 2 is 2.11 bits per heavy atom. The summed E-state index contributed by atoms with van der Waals surface area (Å²) in [5.74, 6) is 1.02. The average Bonchev–Trinajstić information content (AvgIpc) is 2.87. The minimum atomic E-state index is 0.638. The third-order valence-electron chi connectivity index (χ3n) is 4.63. The third kappa shape index (κ3) is 2.63. The monoisotopic (exact) mass is 260 g/mol. The van der Waals surface area contributed by atoms with Crippen molar-refractivity contribution in [2.24, 2.45) is 0 Å². The molecule has 0 bridgehead atoms. The second-order valence-electron chi connectivity index (χ2n) is 5.88. The van der Waals surface area contributed by atoms with Crippen molar-refractivity contribution in [1.82, 2.24) is 9.80 Å². The topological polar surface area (TPSA) is 15.7 Å². The molecule has 0 saturated carbocycles. The number of hydrogen-bond acceptors (Lipinski definition) is 3. The van der Waals surface area contributed by atoms with E-state index in [-0.39, 0.29) is 0 Å². The van der Waals surface area contributed by atoms with Gasteiger partial charge in [-0.3, -0.25) is 9.80 Å². The van der Waals surface area contributed by atoms with Gasteiger partial charge in [0.2, 0.25) is 0 Å². The molecule has 2 aliphatic rings. The van der Waals surface area contributed by atoms with Gasteiger partial charge >= 0.3 is 0 Å². The van der Waals surface area contributed by atoms with Crippen LogP contribution in [0, 0.1) is 0 Å². The molecular formula is C16H24N2O. The van der Waals surface area contributed by atoms with Crippen LogP contribution in [0.2, 0.25) is 0 Å². The summed E-state index contributed by atoms with van der Waals surface area (Å²) < 4.78 is 5.47. The molecule has 0 aliphatic carbocycles. The summed E-state index contributed by atoms with van der Waals surface area (Å²) in [4.78, 5) is 5.29. The van der Waals surface area contributed by atoms with Gasteiger partial charge < -0.3 is 4.74 Å². The van der Waals surface area contributed by atoms with Crippen LogP contribution in [0.5, 0.6) is 5.75 Å². The normalized spacial score (nSPS) is 28.3. The Morgan fingerprint density at radius 1 is 1.26 bits per heavy atom. The van der Waals surface area contributed by atoms with Crippen LogP contribution in [0.4, 0.5) is 0 Å². The molecule has 0 unspecified atom stereocenters.